The smallest absolute Gasteiger partial charge is 0.0999 e. The summed E-state index contributed by atoms with van der Waals surface area (Å²) in [5.41, 5.74) is 2.57. The van der Waals surface area contributed by atoms with E-state index in [1.807, 2.05) is 30.3 Å². The molecule has 0 atom stereocenters. The molecule has 0 saturated carbocycles. The van der Waals surface area contributed by atoms with Gasteiger partial charge in [-0.2, -0.15) is 5.26 Å². The number of hydrogen-bond donors (Lipinski definition) is 1. The molecule has 4 rings (SSSR count). The van der Waals surface area contributed by atoms with Crippen molar-refractivity contribution in [3.05, 3.63) is 53.3 Å². The van der Waals surface area contributed by atoms with Gasteiger partial charge in [-0.1, -0.05) is 11.6 Å². The number of nitrogens with one attached hydrogen (secondary N) is 1. The number of halogens is 1. The molecule has 0 aliphatic carbocycles. The second kappa shape index (κ2) is 3.96. The van der Waals surface area contributed by atoms with Gasteiger partial charge in [-0.05, 0) is 30.3 Å². The van der Waals surface area contributed by atoms with Crippen LogP contribution in [0.15, 0.2) is 42.7 Å². The van der Waals surface area contributed by atoms with Gasteiger partial charge >= 0.3 is 0 Å². The SMILES string of the molecule is N#Cc1cc2cnccc2c2[nH]c3ccc(Cl)cc3c12. The van der Waals surface area contributed by atoms with Gasteiger partial charge in [-0.3, -0.25) is 4.98 Å². The number of H-pyrrole nitrogens is 1. The summed E-state index contributed by atoms with van der Waals surface area (Å²) < 4.78 is 0. The lowest BCUT2D eigenvalue weighted by atomic mass is 10.0. The maximum absolute atomic E-state index is 9.42. The number of aromatic nitrogens is 2. The van der Waals surface area contributed by atoms with Crippen LogP contribution < -0.4 is 0 Å². The Labute approximate surface area is 119 Å². The van der Waals surface area contributed by atoms with E-state index in [0.717, 1.165) is 32.6 Å². The van der Waals surface area contributed by atoms with Crippen LogP contribution in [0.4, 0.5) is 0 Å². The fourth-order valence-electron chi connectivity index (χ4n) is 2.71. The highest BCUT2D eigenvalue weighted by Gasteiger charge is 2.12. The summed E-state index contributed by atoms with van der Waals surface area (Å²) in [7, 11) is 0. The Bertz CT molecular complexity index is 1020. The summed E-state index contributed by atoms with van der Waals surface area (Å²) in [6.45, 7) is 0. The normalized spacial score (nSPS) is 11.2. The van der Waals surface area contributed by atoms with Crippen LogP contribution in [0.3, 0.4) is 0 Å². The molecular weight excluding hydrogens is 270 g/mol. The number of hydrogen-bond acceptors (Lipinski definition) is 2. The molecule has 0 fully saturated rings. The Kier molecular flexibility index (Phi) is 2.23. The summed E-state index contributed by atoms with van der Waals surface area (Å²) in [5, 5.41) is 14.0. The van der Waals surface area contributed by atoms with E-state index in [0.29, 0.717) is 10.6 Å². The van der Waals surface area contributed by atoms with Crippen LogP contribution in [0.5, 0.6) is 0 Å². The van der Waals surface area contributed by atoms with Crippen LogP contribution >= 0.6 is 11.6 Å². The molecule has 0 aliphatic heterocycles. The molecule has 20 heavy (non-hydrogen) atoms. The molecular formula is C16H8ClN3. The summed E-state index contributed by atoms with van der Waals surface area (Å²) in [5.74, 6) is 0. The topological polar surface area (TPSA) is 52.5 Å². The fraction of sp³-hybridized carbons (Fsp3) is 0. The second-order valence-electron chi connectivity index (χ2n) is 4.70. The third-order valence-electron chi connectivity index (χ3n) is 3.57. The second-order valence-corrected chi connectivity index (χ2v) is 5.13. The van der Waals surface area contributed by atoms with E-state index in [-0.39, 0.29) is 0 Å². The molecule has 1 N–H and O–H groups in total. The average Bonchev–Trinajstić information content (AvgIpc) is 2.85. The van der Waals surface area contributed by atoms with Crippen molar-refractivity contribution in [1.29, 1.82) is 5.26 Å². The van der Waals surface area contributed by atoms with Crippen molar-refractivity contribution < 1.29 is 0 Å². The van der Waals surface area contributed by atoms with Gasteiger partial charge in [-0.25, -0.2) is 0 Å². The summed E-state index contributed by atoms with van der Waals surface area (Å²) in [6.07, 6.45) is 3.53. The molecule has 0 amide bonds. The highest BCUT2D eigenvalue weighted by Crippen LogP contribution is 2.34. The first-order valence-electron chi connectivity index (χ1n) is 6.16. The van der Waals surface area contributed by atoms with Gasteiger partial charge in [-0.15, -0.1) is 0 Å². The number of rotatable bonds is 0. The molecule has 0 saturated heterocycles. The Morgan fingerprint density at radius 2 is 2.05 bits per heavy atom. The zero-order valence-electron chi connectivity index (χ0n) is 10.3. The first kappa shape index (κ1) is 11.3. The lowest BCUT2D eigenvalue weighted by Gasteiger charge is -2.01. The van der Waals surface area contributed by atoms with Crippen molar-refractivity contribution in [2.75, 3.05) is 0 Å². The van der Waals surface area contributed by atoms with Crippen LogP contribution in [0.2, 0.25) is 5.02 Å². The van der Waals surface area contributed by atoms with Crippen molar-refractivity contribution in [1.82, 2.24) is 9.97 Å². The van der Waals surface area contributed by atoms with Gasteiger partial charge in [0, 0.05) is 44.5 Å². The van der Waals surface area contributed by atoms with Crippen LogP contribution in [0.25, 0.3) is 32.6 Å². The number of fused-ring (bicyclic) bond motifs is 5. The summed E-state index contributed by atoms with van der Waals surface area (Å²) in [6, 6.07) is 11.8. The van der Waals surface area contributed by atoms with Crippen molar-refractivity contribution >= 4 is 44.2 Å². The molecule has 4 heteroatoms. The molecule has 0 radical (unpaired) electrons. The van der Waals surface area contributed by atoms with Crippen molar-refractivity contribution in [3.8, 4) is 6.07 Å². The van der Waals surface area contributed by atoms with Gasteiger partial charge in [0.05, 0.1) is 17.1 Å². The first-order valence-corrected chi connectivity index (χ1v) is 6.53. The van der Waals surface area contributed by atoms with E-state index in [1.54, 1.807) is 12.4 Å². The van der Waals surface area contributed by atoms with Gasteiger partial charge in [0.1, 0.15) is 0 Å². The largest absolute Gasteiger partial charge is 0.354 e. The molecule has 2 aromatic heterocycles. The number of aromatic amines is 1. The number of nitriles is 1. The van der Waals surface area contributed by atoms with Crippen LogP contribution in [-0.2, 0) is 0 Å². The Morgan fingerprint density at radius 3 is 2.90 bits per heavy atom. The lowest BCUT2D eigenvalue weighted by molar-refractivity contribution is 1.36. The third kappa shape index (κ3) is 1.43. The molecule has 2 heterocycles. The average molecular weight is 278 g/mol. The monoisotopic (exact) mass is 277 g/mol. The molecule has 4 aromatic rings. The minimum Gasteiger partial charge on any atom is -0.354 e. The summed E-state index contributed by atoms with van der Waals surface area (Å²) >= 11 is 6.08. The highest BCUT2D eigenvalue weighted by molar-refractivity contribution is 6.32. The number of pyridine rings is 1. The van der Waals surface area contributed by atoms with Crippen LogP contribution in [-0.4, -0.2) is 9.97 Å². The molecule has 0 aliphatic rings. The predicted octanol–water partition coefficient (Wildman–Crippen LogP) is 4.39. The molecule has 94 valence electrons. The highest BCUT2D eigenvalue weighted by atomic mass is 35.5. The van der Waals surface area contributed by atoms with Crippen molar-refractivity contribution in [2.24, 2.45) is 0 Å². The molecule has 0 spiro atoms. The van der Waals surface area contributed by atoms with Gasteiger partial charge in [0.2, 0.25) is 0 Å². The summed E-state index contributed by atoms with van der Waals surface area (Å²) in [4.78, 5) is 7.50. The number of nitrogens with zero attached hydrogens (tertiary/aromatic N) is 2. The maximum Gasteiger partial charge on any atom is 0.0999 e. The van der Waals surface area contributed by atoms with Crippen LogP contribution in [0.1, 0.15) is 5.56 Å². The predicted molar refractivity (Wildman–Crippen MR) is 80.8 cm³/mol. The van der Waals surface area contributed by atoms with Crippen molar-refractivity contribution in [3.63, 3.8) is 0 Å². The van der Waals surface area contributed by atoms with E-state index in [2.05, 4.69) is 16.0 Å². The first-order chi connectivity index (χ1) is 9.78. The molecule has 3 nitrogen and oxygen atoms in total. The zero-order chi connectivity index (χ0) is 13.7. The van der Waals surface area contributed by atoms with Gasteiger partial charge in [0.15, 0.2) is 0 Å². The fourth-order valence-corrected chi connectivity index (χ4v) is 2.88. The molecule has 2 aromatic carbocycles. The molecule has 0 bridgehead atoms. The van der Waals surface area contributed by atoms with E-state index in [9.17, 15) is 5.26 Å². The standard InChI is InChI=1S/C16H8ClN3/c17-11-1-2-14-13(6-11)15-9(7-18)5-10-8-19-4-3-12(10)16(15)20-14/h1-6,8,20H. The van der Waals surface area contributed by atoms with Crippen molar-refractivity contribution in [2.45, 2.75) is 0 Å². The lowest BCUT2D eigenvalue weighted by Crippen LogP contribution is -1.82. The Morgan fingerprint density at radius 1 is 1.15 bits per heavy atom. The third-order valence-corrected chi connectivity index (χ3v) is 3.81. The van der Waals surface area contributed by atoms with Gasteiger partial charge in [0.25, 0.3) is 0 Å². The Hall–Kier alpha value is -2.57. The number of benzene rings is 2. The minimum atomic E-state index is 0.633. The van der Waals surface area contributed by atoms with E-state index < -0.39 is 0 Å². The quantitative estimate of drug-likeness (QED) is 0.518. The molecule has 0 unspecified atom stereocenters. The van der Waals surface area contributed by atoms with E-state index >= 15 is 0 Å². The zero-order valence-corrected chi connectivity index (χ0v) is 11.1. The maximum atomic E-state index is 9.42. The minimum absolute atomic E-state index is 0.633. The van der Waals surface area contributed by atoms with E-state index in [1.165, 1.54) is 0 Å². The van der Waals surface area contributed by atoms with Crippen LogP contribution in [0, 0.1) is 11.3 Å². The van der Waals surface area contributed by atoms with Gasteiger partial charge < -0.3 is 4.98 Å². The van der Waals surface area contributed by atoms with E-state index in [4.69, 9.17) is 11.6 Å². The Balaban J connectivity index is 2.36.